The van der Waals surface area contributed by atoms with Crippen molar-refractivity contribution >= 4 is 34.1 Å². The Hall–Kier alpha value is -2.15. The van der Waals surface area contributed by atoms with Crippen LogP contribution in [0.15, 0.2) is 23.3 Å². The number of benzene rings is 1. The van der Waals surface area contributed by atoms with Gasteiger partial charge in [0.15, 0.2) is 0 Å². The molecule has 0 saturated heterocycles. The first-order valence-corrected chi connectivity index (χ1v) is 5.74. The lowest BCUT2D eigenvalue weighted by Crippen LogP contribution is -2.13. The molecule has 19 heavy (non-hydrogen) atoms. The lowest BCUT2D eigenvalue weighted by Gasteiger charge is -2.05. The number of aryl methyl sites for hydroxylation is 1. The number of nitro groups is 1. The standard InChI is InChI=1S/C11H12ClN3O4/c1-3-19-11(16)10(12)14-13-9-5-4-8(15(17)18)6-7(9)2/h4-6,13H,3H2,1-2H3/b14-10-. The van der Waals surface area contributed by atoms with E-state index in [1.165, 1.54) is 18.2 Å². The van der Waals surface area contributed by atoms with E-state index < -0.39 is 10.9 Å². The fourth-order valence-corrected chi connectivity index (χ4v) is 1.33. The Kier molecular flexibility index (Phi) is 5.25. The average molecular weight is 286 g/mol. The summed E-state index contributed by atoms with van der Waals surface area (Å²) in [6, 6.07) is 4.19. The quantitative estimate of drug-likeness (QED) is 0.388. The van der Waals surface area contributed by atoms with Gasteiger partial charge in [-0.1, -0.05) is 11.6 Å². The summed E-state index contributed by atoms with van der Waals surface area (Å²) in [6.45, 7) is 3.51. The van der Waals surface area contributed by atoms with Gasteiger partial charge < -0.3 is 4.74 Å². The van der Waals surface area contributed by atoms with Crippen molar-refractivity contribution in [2.75, 3.05) is 12.0 Å². The summed E-state index contributed by atoms with van der Waals surface area (Å²) in [7, 11) is 0. The van der Waals surface area contributed by atoms with E-state index in [9.17, 15) is 14.9 Å². The Morgan fingerprint density at radius 1 is 1.58 bits per heavy atom. The molecule has 0 saturated carbocycles. The third-order valence-electron chi connectivity index (χ3n) is 2.14. The van der Waals surface area contributed by atoms with Gasteiger partial charge in [0.05, 0.1) is 17.2 Å². The lowest BCUT2D eigenvalue weighted by molar-refractivity contribution is -0.384. The predicted molar refractivity (Wildman–Crippen MR) is 71.4 cm³/mol. The minimum Gasteiger partial charge on any atom is -0.461 e. The first-order valence-electron chi connectivity index (χ1n) is 5.37. The molecular weight excluding hydrogens is 274 g/mol. The number of rotatable bonds is 5. The summed E-state index contributed by atoms with van der Waals surface area (Å²) < 4.78 is 4.64. The monoisotopic (exact) mass is 285 g/mol. The van der Waals surface area contributed by atoms with Gasteiger partial charge >= 0.3 is 5.97 Å². The van der Waals surface area contributed by atoms with Crippen LogP contribution in [0.5, 0.6) is 0 Å². The minimum atomic E-state index is -0.740. The Balaban J connectivity index is 2.81. The van der Waals surface area contributed by atoms with Crippen LogP contribution in [0.25, 0.3) is 0 Å². The molecule has 0 fully saturated rings. The van der Waals surface area contributed by atoms with E-state index >= 15 is 0 Å². The van der Waals surface area contributed by atoms with Gasteiger partial charge in [0.1, 0.15) is 0 Å². The Labute approximate surface area is 114 Å². The average Bonchev–Trinajstić information content (AvgIpc) is 2.36. The summed E-state index contributed by atoms with van der Waals surface area (Å²) in [6.07, 6.45) is 0. The van der Waals surface area contributed by atoms with Crippen molar-refractivity contribution in [1.82, 2.24) is 0 Å². The summed E-state index contributed by atoms with van der Waals surface area (Å²) >= 11 is 5.60. The maximum absolute atomic E-state index is 11.2. The highest BCUT2D eigenvalue weighted by Gasteiger charge is 2.10. The van der Waals surface area contributed by atoms with Gasteiger partial charge in [0.25, 0.3) is 5.69 Å². The molecule has 0 amide bonds. The van der Waals surface area contributed by atoms with Gasteiger partial charge in [-0.3, -0.25) is 15.5 Å². The molecule has 0 bridgehead atoms. The summed E-state index contributed by atoms with van der Waals surface area (Å²) in [5, 5.41) is 13.9. The molecule has 0 unspecified atom stereocenters. The van der Waals surface area contributed by atoms with Crippen LogP contribution in [0.3, 0.4) is 0 Å². The van der Waals surface area contributed by atoms with Crippen LogP contribution in [-0.4, -0.2) is 22.7 Å². The number of nitro benzene ring substituents is 1. The molecular formula is C11H12ClN3O4. The van der Waals surface area contributed by atoms with E-state index in [4.69, 9.17) is 11.6 Å². The molecule has 0 aliphatic rings. The topological polar surface area (TPSA) is 93.8 Å². The highest BCUT2D eigenvalue weighted by atomic mass is 35.5. The third kappa shape index (κ3) is 4.22. The molecule has 102 valence electrons. The zero-order valence-electron chi connectivity index (χ0n) is 10.3. The van der Waals surface area contributed by atoms with Gasteiger partial charge in [-0.2, -0.15) is 5.10 Å². The van der Waals surface area contributed by atoms with E-state index in [-0.39, 0.29) is 17.5 Å². The number of anilines is 1. The van der Waals surface area contributed by atoms with Crippen molar-refractivity contribution < 1.29 is 14.5 Å². The van der Waals surface area contributed by atoms with Crippen LogP contribution in [0.1, 0.15) is 12.5 Å². The van der Waals surface area contributed by atoms with Crippen LogP contribution < -0.4 is 5.43 Å². The molecule has 0 aliphatic carbocycles. The SMILES string of the molecule is CCOC(=O)/C(Cl)=N/Nc1ccc([N+](=O)[O-])cc1C. The van der Waals surface area contributed by atoms with E-state index in [0.717, 1.165) is 0 Å². The molecule has 0 aliphatic heterocycles. The number of non-ortho nitro benzene ring substituents is 1. The lowest BCUT2D eigenvalue weighted by atomic mass is 10.2. The molecule has 0 spiro atoms. The number of carbonyl (C=O) groups is 1. The minimum absolute atomic E-state index is 0.0245. The van der Waals surface area contributed by atoms with E-state index in [1.54, 1.807) is 13.8 Å². The highest BCUT2D eigenvalue weighted by Crippen LogP contribution is 2.21. The molecule has 0 radical (unpaired) electrons. The molecule has 1 aromatic rings. The summed E-state index contributed by atoms with van der Waals surface area (Å²) in [5.74, 6) is -0.740. The summed E-state index contributed by atoms with van der Waals surface area (Å²) in [4.78, 5) is 21.3. The van der Waals surface area contributed by atoms with Gasteiger partial charge in [-0.05, 0) is 25.5 Å². The molecule has 7 nitrogen and oxygen atoms in total. The first-order chi connectivity index (χ1) is 8.95. The first kappa shape index (κ1) is 14.9. The number of ether oxygens (including phenoxy) is 1. The Bertz CT molecular complexity index is 531. The normalized spacial score (nSPS) is 11.0. The van der Waals surface area contributed by atoms with Crippen LogP contribution in [0.4, 0.5) is 11.4 Å². The fraction of sp³-hybridized carbons (Fsp3) is 0.273. The molecule has 1 N–H and O–H groups in total. The van der Waals surface area contributed by atoms with Crippen molar-refractivity contribution in [3.05, 3.63) is 33.9 Å². The van der Waals surface area contributed by atoms with Crippen LogP contribution in [-0.2, 0) is 9.53 Å². The third-order valence-corrected chi connectivity index (χ3v) is 2.38. The molecule has 0 heterocycles. The molecule has 1 rings (SSSR count). The molecule has 0 aromatic heterocycles. The second kappa shape index (κ2) is 6.69. The number of hydrogen-bond acceptors (Lipinski definition) is 6. The van der Waals surface area contributed by atoms with Crippen LogP contribution >= 0.6 is 11.6 Å². The zero-order chi connectivity index (χ0) is 14.4. The predicted octanol–water partition coefficient (Wildman–Crippen LogP) is 2.43. The van der Waals surface area contributed by atoms with Gasteiger partial charge in [0.2, 0.25) is 5.17 Å². The van der Waals surface area contributed by atoms with E-state index in [2.05, 4.69) is 15.3 Å². The number of hydrazone groups is 1. The molecule has 8 heteroatoms. The maximum atomic E-state index is 11.2. The summed E-state index contributed by atoms with van der Waals surface area (Å²) in [5.41, 5.74) is 3.64. The van der Waals surface area contributed by atoms with Crippen molar-refractivity contribution in [3.63, 3.8) is 0 Å². The molecule has 1 aromatic carbocycles. The van der Waals surface area contributed by atoms with Crippen molar-refractivity contribution in [1.29, 1.82) is 0 Å². The number of carbonyl (C=O) groups excluding carboxylic acids is 1. The molecule has 0 atom stereocenters. The largest absolute Gasteiger partial charge is 0.461 e. The van der Waals surface area contributed by atoms with Crippen molar-refractivity contribution in [2.45, 2.75) is 13.8 Å². The van der Waals surface area contributed by atoms with E-state index in [0.29, 0.717) is 11.3 Å². The number of halogens is 1. The number of nitrogens with one attached hydrogen (secondary N) is 1. The smallest absolute Gasteiger partial charge is 0.370 e. The number of esters is 1. The second-order valence-corrected chi connectivity index (χ2v) is 3.85. The Morgan fingerprint density at radius 3 is 2.79 bits per heavy atom. The van der Waals surface area contributed by atoms with Crippen LogP contribution in [0.2, 0.25) is 0 Å². The van der Waals surface area contributed by atoms with Crippen molar-refractivity contribution in [3.8, 4) is 0 Å². The van der Waals surface area contributed by atoms with Gasteiger partial charge in [-0.25, -0.2) is 4.79 Å². The van der Waals surface area contributed by atoms with Gasteiger partial charge in [-0.15, -0.1) is 0 Å². The van der Waals surface area contributed by atoms with Crippen LogP contribution in [0, 0.1) is 17.0 Å². The number of hydrogen-bond donors (Lipinski definition) is 1. The fourth-order valence-electron chi connectivity index (χ4n) is 1.23. The zero-order valence-corrected chi connectivity index (χ0v) is 11.1. The van der Waals surface area contributed by atoms with Gasteiger partial charge in [0, 0.05) is 12.1 Å². The second-order valence-electron chi connectivity index (χ2n) is 3.49. The van der Waals surface area contributed by atoms with Crippen molar-refractivity contribution in [2.24, 2.45) is 5.10 Å². The highest BCUT2D eigenvalue weighted by molar-refractivity contribution is 6.82. The number of nitrogens with zero attached hydrogens (tertiary/aromatic N) is 2. The Morgan fingerprint density at radius 2 is 2.26 bits per heavy atom. The maximum Gasteiger partial charge on any atom is 0.370 e. The van der Waals surface area contributed by atoms with E-state index in [1.807, 2.05) is 0 Å².